The van der Waals surface area contributed by atoms with E-state index in [1.54, 1.807) is 4.90 Å². The largest absolute Gasteiger partial charge is 0.340 e. The van der Waals surface area contributed by atoms with Crippen molar-refractivity contribution in [1.82, 2.24) is 9.80 Å². The molecule has 1 aromatic carbocycles. The van der Waals surface area contributed by atoms with Crippen molar-refractivity contribution >= 4 is 11.8 Å². The second kappa shape index (κ2) is 6.91. The lowest BCUT2D eigenvalue weighted by Gasteiger charge is -2.38. The van der Waals surface area contributed by atoms with Gasteiger partial charge in [-0.3, -0.25) is 9.59 Å². The molecule has 2 saturated heterocycles. The van der Waals surface area contributed by atoms with Crippen LogP contribution in [0.5, 0.6) is 0 Å². The van der Waals surface area contributed by atoms with Crippen LogP contribution in [0, 0.1) is 6.92 Å². The summed E-state index contributed by atoms with van der Waals surface area (Å²) >= 11 is 0. The van der Waals surface area contributed by atoms with Crippen LogP contribution in [0.3, 0.4) is 0 Å². The minimum atomic E-state index is -1.91. The van der Waals surface area contributed by atoms with Crippen LogP contribution >= 0.6 is 0 Å². The molecule has 2 aliphatic rings. The summed E-state index contributed by atoms with van der Waals surface area (Å²) in [6.07, 6.45) is 2.90. The number of alkyl halides is 1. The molecule has 0 saturated carbocycles. The maximum Gasteiger partial charge on any atom is 0.262 e. The first-order chi connectivity index (χ1) is 11.5. The van der Waals surface area contributed by atoms with Crippen LogP contribution in [-0.2, 0) is 16.0 Å². The minimum Gasteiger partial charge on any atom is -0.340 e. The third-order valence-electron chi connectivity index (χ3n) is 5.01. The quantitative estimate of drug-likeness (QED) is 0.853. The number of hydrogen-bond donors (Lipinski definition) is 0. The molecule has 2 amide bonds. The van der Waals surface area contributed by atoms with Crippen LogP contribution in [0.25, 0.3) is 0 Å². The molecule has 0 radical (unpaired) electrons. The van der Waals surface area contributed by atoms with Gasteiger partial charge in [0.2, 0.25) is 11.6 Å². The van der Waals surface area contributed by atoms with Gasteiger partial charge in [-0.25, -0.2) is 4.39 Å². The Labute approximate surface area is 142 Å². The summed E-state index contributed by atoms with van der Waals surface area (Å²) in [6, 6.07) is 7.79. The van der Waals surface area contributed by atoms with Gasteiger partial charge in [0.05, 0.1) is 13.0 Å². The summed E-state index contributed by atoms with van der Waals surface area (Å²) < 4.78 is 15.2. The number of hydrogen-bond acceptors (Lipinski definition) is 2. The maximum atomic E-state index is 15.2. The molecule has 0 aliphatic carbocycles. The van der Waals surface area contributed by atoms with Gasteiger partial charge in [-0.1, -0.05) is 29.8 Å². The van der Waals surface area contributed by atoms with Gasteiger partial charge in [0.1, 0.15) is 0 Å². The Hall–Kier alpha value is -1.91. The maximum absolute atomic E-state index is 15.2. The average molecular weight is 332 g/mol. The van der Waals surface area contributed by atoms with Gasteiger partial charge in [0, 0.05) is 19.6 Å². The highest BCUT2D eigenvalue weighted by atomic mass is 19.1. The number of nitrogens with zero attached hydrogens (tertiary/aromatic N) is 2. The molecule has 1 aromatic rings. The van der Waals surface area contributed by atoms with E-state index in [-0.39, 0.29) is 25.3 Å². The molecule has 1 unspecified atom stereocenters. The van der Waals surface area contributed by atoms with E-state index in [1.807, 2.05) is 31.2 Å². The molecule has 2 aliphatic heterocycles. The molecule has 0 N–H and O–H groups in total. The summed E-state index contributed by atoms with van der Waals surface area (Å²) in [6.45, 7) is 3.69. The standard InChI is InChI=1S/C19H25FN2O2/c1-15-6-4-7-16(12-15)13-17(23)22-11-5-8-19(20,14-22)18(24)21-9-2-3-10-21/h4,6-7,12H,2-3,5,8-11,13-14H2,1H3. The van der Waals surface area contributed by atoms with Crippen molar-refractivity contribution in [3.8, 4) is 0 Å². The van der Waals surface area contributed by atoms with E-state index in [2.05, 4.69) is 0 Å². The Morgan fingerprint density at radius 1 is 1.12 bits per heavy atom. The summed E-state index contributed by atoms with van der Waals surface area (Å²) in [4.78, 5) is 28.2. The van der Waals surface area contributed by atoms with Crippen molar-refractivity contribution in [1.29, 1.82) is 0 Å². The van der Waals surface area contributed by atoms with Crippen LogP contribution in [0.1, 0.15) is 36.8 Å². The second-order valence-electron chi connectivity index (χ2n) is 7.05. The molecule has 2 fully saturated rings. The first kappa shape index (κ1) is 16.9. The molecule has 3 rings (SSSR count). The van der Waals surface area contributed by atoms with Crippen molar-refractivity contribution in [2.45, 2.75) is 44.7 Å². The predicted molar refractivity (Wildman–Crippen MR) is 90.4 cm³/mol. The molecule has 0 spiro atoms. The van der Waals surface area contributed by atoms with Gasteiger partial charge in [-0.2, -0.15) is 0 Å². The van der Waals surface area contributed by atoms with Crippen LogP contribution in [0.2, 0.25) is 0 Å². The van der Waals surface area contributed by atoms with E-state index in [0.717, 1.165) is 24.0 Å². The van der Waals surface area contributed by atoms with Crippen molar-refractivity contribution in [3.05, 3.63) is 35.4 Å². The Balaban J connectivity index is 1.66. The van der Waals surface area contributed by atoms with Crippen molar-refractivity contribution in [2.75, 3.05) is 26.2 Å². The van der Waals surface area contributed by atoms with Crippen molar-refractivity contribution in [3.63, 3.8) is 0 Å². The molecular weight excluding hydrogens is 307 g/mol. The second-order valence-corrected chi connectivity index (χ2v) is 7.05. The zero-order chi connectivity index (χ0) is 17.2. The molecule has 5 heteroatoms. The lowest BCUT2D eigenvalue weighted by Crippen LogP contribution is -2.56. The highest BCUT2D eigenvalue weighted by Crippen LogP contribution is 2.29. The topological polar surface area (TPSA) is 40.6 Å². The van der Waals surface area contributed by atoms with Gasteiger partial charge in [0.15, 0.2) is 0 Å². The van der Waals surface area contributed by atoms with Crippen LogP contribution < -0.4 is 0 Å². The Morgan fingerprint density at radius 2 is 1.83 bits per heavy atom. The van der Waals surface area contributed by atoms with E-state index in [9.17, 15) is 9.59 Å². The third kappa shape index (κ3) is 3.60. The fourth-order valence-electron chi connectivity index (χ4n) is 3.71. The molecular formula is C19H25FN2O2. The fraction of sp³-hybridized carbons (Fsp3) is 0.579. The van der Waals surface area contributed by atoms with Gasteiger partial charge >= 0.3 is 0 Å². The van der Waals surface area contributed by atoms with Crippen molar-refractivity contribution in [2.24, 2.45) is 0 Å². The molecule has 0 bridgehead atoms. The van der Waals surface area contributed by atoms with Gasteiger partial charge < -0.3 is 9.80 Å². The normalized spacial score (nSPS) is 24.2. The summed E-state index contributed by atoms with van der Waals surface area (Å²) in [5, 5.41) is 0. The molecule has 130 valence electrons. The third-order valence-corrected chi connectivity index (χ3v) is 5.01. The van der Waals surface area contributed by atoms with Crippen LogP contribution in [-0.4, -0.2) is 53.5 Å². The summed E-state index contributed by atoms with van der Waals surface area (Å²) in [5.74, 6) is -0.524. The highest BCUT2D eigenvalue weighted by Gasteiger charge is 2.46. The zero-order valence-electron chi connectivity index (χ0n) is 14.3. The Morgan fingerprint density at radius 3 is 2.54 bits per heavy atom. The first-order valence-electron chi connectivity index (χ1n) is 8.79. The summed E-state index contributed by atoms with van der Waals surface area (Å²) in [7, 11) is 0. The van der Waals surface area contributed by atoms with E-state index in [1.165, 1.54) is 4.90 Å². The number of halogens is 1. The summed E-state index contributed by atoms with van der Waals surface area (Å²) in [5.41, 5.74) is 0.120. The van der Waals surface area contributed by atoms with Gasteiger partial charge in [-0.15, -0.1) is 0 Å². The van der Waals surface area contributed by atoms with Crippen LogP contribution in [0.4, 0.5) is 4.39 Å². The molecule has 4 nitrogen and oxygen atoms in total. The number of benzene rings is 1. The van der Waals surface area contributed by atoms with E-state index < -0.39 is 11.6 Å². The minimum absolute atomic E-state index is 0.100. The number of carbonyl (C=O) groups excluding carboxylic acids is 2. The molecule has 1 atom stereocenters. The average Bonchev–Trinajstić information content (AvgIpc) is 3.08. The van der Waals surface area contributed by atoms with Crippen LogP contribution in [0.15, 0.2) is 24.3 Å². The smallest absolute Gasteiger partial charge is 0.262 e. The molecule has 24 heavy (non-hydrogen) atoms. The van der Waals surface area contributed by atoms with E-state index >= 15 is 4.39 Å². The lowest BCUT2D eigenvalue weighted by atomic mass is 9.92. The monoisotopic (exact) mass is 332 g/mol. The van der Waals surface area contributed by atoms with E-state index in [0.29, 0.717) is 26.1 Å². The van der Waals surface area contributed by atoms with Gasteiger partial charge in [-0.05, 0) is 38.2 Å². The lowest BCUT2D eigenvalue weighted by molar-refractivity contribution is -0.150. The predicted octanol–water partition coefficient (Wildman–Crippen LogP) is 2.49. The Bertz CT molecular complexity index is 628. The SMILES string of the molecule is Cc1cccc(CC(=O)N2CCCC(F)(C(=O)N3CCCC3)C2)c1. The molecule has 0 aromatic heterocycles. The first-order valence-corrected chi connectivity index (χ1v) is 8.79. The Kier molecular flexibility index (Phi) is 4.88. The number of aryl methyl sites for hydroxylation is 1. The fourth-order valence-corrected chi connectivity index (χ4v) is 3.71. The molecule has 2 heterocycles. The van der Waals surface area contributed by atoms with Gasteiger partial charge in [0.25, 0.3) is 5.91 Å². The number of likely N-dealkylation sites (tertiary alicyclic amines) is 2. The zero-order valence-corrected chi connectivity index (χ0v) is 14.3. The highest BCUT2D eigenvalue weighted by molar-refractivity contribution is 5.87. The number of amides is 2. The van der Waals surface area contributed by atoms with Crippen molar-refractivity contribution < 1.29 is 14.0 Å². The number of carbonyl (C=O) groups is 2. The number of rotatable bonds is 3. The number of piperidine rings is 1. The van der Waals surface area contributed by atoms with E-state index in [4.69, 9.17) is 0 Å².